The lowest BCUT2D eigenvalue weighted by molar-refractivity contribution is -0.128. The SMILES string of the molecule is CCCCc1ccc(C(=O)N(Cc2ccccc2)C(CC)C2NC3CCCCC3C(=O)N2c2ccc(C)cc2)cc1. The fourth-order valence-corrected chi connectivity index (χ4v) is 6.61. The molecule has 0 aromatic heterocycles. The van der Waals surface area contributed by atoms with E-state index in [0.717, 1.165) is 68.2 Å². The minimum Gasteiger partial charge on any atom is -0.328 e. The molecule has 2 fully saturated rings. The third kappa shape index (κ3) is 6.56. The van der Waals surface area contributed by atoms with Gasteiger partial charge in [-0.3, -0.25) is 19.8 Å². The number of hydrogen-bond donors (Lipinski definition) is 1. The summed E-state index contributed by atoms with van der Waals surface area (Å²) >= 11 is 0. The van der Waals surface area contributed by atoms with Crippen LogP contribution in [0.5, 0.6) is 0 Å². The first-order valence-corrected chi connectivity index (χ1v) is 15.6. The summed E-state index contributed by atoms with van der Waals surface area (Å²) < 4.78 is 0. The molecular weight excluding hydrogens is 506 g/mol. The summed E-state index contributed by atoms with van der Waals surface area (Å²) in [6.07, 6.45) is 7.86. The summed E-state index contributed by atoms with van der Waals surface area (Å²) in [7, 11) is 0. The Morgan fingerprint density at radius 2 is 1.63 bits per heavy atom. The normalized spacial score (nSPS) is 21.3. The average Bonchev–Trinajstić information content (AvgIpc) is 3.01. The number of rotatable bonds is 10. The molecule has 0 bridgehead atoms. The van der Waals surface area contributed by atoms with Crippen LogP contribution in [-0.2, 0) is 17.8 Å². The number of carbonyl (C=O) groups is 2. The third-order valence-electron chi connectivity index (χ3n) is 8.96. The van der Waals surface area contributed by atoms with E-state index in [0.29, 0.717) is 12.1 Å². The molecule has 4 atom stereocenters. The van der Waals surface area contributed by atoms with Crippen LogP contribution in [0.4, 0.5) is 5.69 Å². The minimum atomic E-state index is -0.314. The van der Waals surface area contributed by atoms with E-state index in [4.69, 9.17) is 0 Å². The van der Waals surface area contributed by atoms with Crippen molar-refractivity contribution >= 4 is 17.5 Å². The van der Waals surface area contributed by atoms with Gasteiger partial charge in [-0.05, 0) is 74.4 Å². The molecule has 5 nitrogen and oxygen atoms in total. The summed E-state index contributed by atoms with van der Waals surface area (Å²) in [4.78, 5) is 32.5. The summed E-state index contributed by atoms with van der Waals surface area (Å²) in [5, 5.41) is 3.92. The van der Waals surface area contributed by atoms with Crippen molar-refractivity contribution in [2.24, 2.45) is 5.92 Å². The zero-order valence-electron chi connectivity index (χ0n) is 24.9. The lowest BCUT2D eigenvalue weighted by atomic mass is 9.80. The Kier molecular flexibility index (Phi) is 9.56. The predicted octanol–water partition coefficient (Wildman–Crippen LogP) is 7.28. The molecule has 3 aromatic rings. The van der Waals surface area contributed by atoms with E-state index in [-0.39, 0.29) is 36.0 Å². The standard InChI is InChI=1S/C36H45N3O2/c1-4-6-12-27-19-21-29(22-20-27)35(40)38(25-28-13-8-7-9-14-28)33(5-2)34-37-32-16-11-10-15-31(32)36(41)39(34)30-23-17-26(3)18-24-30/h7-9,13-14,17-24,31-34,37H,4-6,10-12,15-16,25H2,1-3H3. The van der Waals surface area contributed by atoms with Gasteiger partial charge in [0.05, 0.1) is 12.0 Å². The van der Waals surface area contributed by atoms with E-state index in [1.54, 1.807) is 0 Å². The van der Waals surface area contributed by atoms with Crippen LogP contribution in [0.2, 0.25) is 0 Å². The molecule has 1 heterocycles. The summed E-state index contributed by atoms with van der Waals surface area (Å²) in [6.45, 7) is 6.88. The van der Waals surface area contributed by atoms with Gasteiger partial charge >= 0.3 is 0 Å². The molecule has 4 unspecified atom stereocenters. The van der Waals surface area contributed by atoms with Gasteiger partial charge in [-0.1, -0.05) is 93.3 Å². The first kappa shape index (κ1) is 29.1. The number of unbranched alkanes of at least 4 members (excludes halogenated alkanes) is 1. The smallest absolute Gasteiger partial charge is 0.254 e. The number of aryl methyl sites for hydroxylation is 2. The molecule has 1 N–H and O–H groups in total. The van der Waals surface area contributed by atoms with Gasteiger partial charge < -0.3 is 4.90 Å². The molecule has 0 spiro atoms. The maximum absolute atomic E-state index is 14.4. The van der Waals surface area contributed by atoms with Crippen LogP contribution < -0.4 is 10.2 Å². The summed E-state index contributed by atoms with van der Waals surface area (Å²) in [5.41, 5.74) is 5.10. The zero-order chi connectivity index (χ0) is 28.8. The predicted molar refractivity (Wildman–Crippen MR) is 167 cm³/mol. The number of anilines is 1. The van der Waals surface area contributed by atoms with Crippen molar-refractivity contribution in [3.63, 3.8) is 0 Å². The van der Waals surface area contributed by atoms with Crippen molar-refractivity contribution in [3.05, 3.63) is 101 Å². The molecular formula is C36H45N3O2. The Hall–Kier alpha value is -3.44. The largest absolute Gasteiger partial charge is 0.328 e. The van der Waals surface area contributed by atoms with E-state index in [9.17, 15) is 9.59 Å². The molecule has 216 valence electrons. The zero-order valence-corrected chi connectivity index (χ0v) is 24.9. The Morgan fingerprint density at radius 3 is 2.32 bits per heavy atom. The van der Waals surface area contributed by atoms with E-state index in [1.807, 2.05) is 40.1 Å². The quantitative estimate of drug-likeness (QED) is 0.288. The molecule has 1 aliphatic carbocycles. The summed E-state index contributed by atoms with van der Waals surface area (Å²) in [6, 6.07) is 26.5. The molecule has 1 saturated carbocycles. The number of nitrogens with one attached hydrogen (secondary N) is 1. The number of fused-ring (bicyclic) bond motifs is 1. The lowest BCUT2D eigenvalue weighted by Crippen LogP contribution is -2.70. The lowest BCUT2D eigenvalue weighted by Gasteiger charge is -2.50. The Balaban J connectivity index is 1.53. The second-order valence-electron chi connectivity index (χ2n) is 11.8. The highest BCUT2D eigenvalue weighted by molar-refractivity contribution is 5.98. The van der Waals surface area contributed by atoms with Gasteiger partial charge in [0.15, 0.2) is 0 Å². The first-order chi connectivity index (χ1) is 20.0. The highest BCUT2D eigenvalue weighted by atomic mass is 16.2. The van der Waals surface area contributed by atoms with E-state index in [1.165, 1.54) is 5.56 Å². The van der Waals surface area contributed by atoms with Gasteiger partial charge in [0.25, 0.3) is 5.91 Å². The minimum absolute atomic E-state index is 0.00613. The highest BCUT2D eigenvalue weighted by Gasteiger charge is 2.47. The van der Waals surface area contributed by atoms with Crippen molar-refractivity contribution in [3.8, 4) is 0 Å². The Labute approximate surface area is 245 Å². The first-order valence-electron chi connectivity index (χ1n) is 15.6. The van der Waals surface area contributed by atoms with Gasteiger partial charge in [0, 0.05) is 23.8 Å². The maximum Gasteiger partial charge on any atom is 0.254 e. The molecule has 3 aromatic carbocycles. The third-order valence-corrected chi connectivity index (χ3v) is 8.96. The van der Waals surface area contributed by atoms with Crippen LogP contribution in [0.1, 0.15) is 85.8 Å². The monoisotopic (exact) mass is 551 g/mol. The maximum atomic E-state index is 14.4. The molecule has 1 aliphatic heterocycles. The second-order valence-corrected chi connectivity index (χ2v) is 11.8. The Bertz CT molecular complexity index is 1290. The van der Waals surface area contributed by atoms with Crippen molar-refractivity contribution in [1.82, 2.24) is 10.2 Å². The summed E-state index contributed by atoms with van der Waals surface area (Å²) in [5.74, 6) is 0.174. The number of hydrogen-bond acceptors (Lipinski definition) is 3. The van der Waals surface area contributed by atoms with Gasteiger partial charge in [0.1, 0.15) is 6.17 Å². The van der Waals surface area contributed by atoms with Crippen LogP contribution in [-0.4, -0.2) is 35.0 Å². The van der Waals surface area contributed by atoms with Gasteiger partial charge in [-0.2, -0.15) is 0 Å². The highest BCUT2D eigenvalue weighted by Crippen LogP contribution is 2.36. The molecule has 2 aliphatic rings. The van der Waals surface area contributed by atoms with Crippen LogP contribution in [0, 0.1) is 12.8 Å². The van der Waals surface area contributed by atoms with Gasteiger partial charge in [-0.15, -0.1) is 0 Å². The average molecular weight is 552 g/mol. The number of carbonyl (C=O) groups excluding carboxylic acids is 2. The molecule has 5 rings (SSSR count). The van der Waals surface area contributed by atoms with E-state index in [2.05, 4.69) is 74.6 Å². The molecule has 1 saturated heterocycles. The van der Waals surface area contributed by atoms with Crippen molar-refractivity contribution in [1.29, 1.82) is 0 Å². The molecule has 0 radical (unpaired) electrons. The van der Waals surface area contributed by atoms with Crippen LogP contribution in [0.15, 0.2) is 78.9 Å². The van der Waals surface area contributed by atoms with Crippen LogP contribution in [0.25, 0.3) is 0 Å². The fraction of sp³-hybridized carbons (Fsp3) is 0.444. The van der Waals surface area contributed by atoms with Crippen LogP contribution >= 0.6 is 0 Å². The second kappa shape index (κ2) is 13.5. The molecule has 41 heavy (non-hydrogen) atoms. The molecule has 5 heteroatoms. The van der Waals surface area contributed by atoms with Gasteiger partial charge in [-0.25, -0.2) is 0 Å². The van der Waals surface area contributed by atoms with E-state index >= 15 is 0 Å². The van der Waals surface area contributed by atoms with Gasteiger partial charge in [0.2, 0.25) is 5.91 Å². The van der Waals surface area contributed by atoms with Crippen molar-refractivity contribution in [2.45, 2.75) is 96.9 Å². The molecule has 2 amide bonds. The van der Waals surface area contributed by atoms with Crippen molar-refractivity contribution < 1.29 is 9.59 Å². The fourth-order valence-electron chi connectivity index (χ4n) is 6.61. The number of amides is 2. The number of nitrogens with zero attached hydrogens (tertiary/aromatic N) is 2. The van der Waals surface area contributed by atoms with E-state index < -0.39 is 0 Å². The van der Waals surface area contributed by atoms with Crippen molar-refractivity contribution in [2.75, 3.05) is 4.90 Å². The topological polar surface area (TPSA) is 52.7 Å². The van der Waals surface area contributed by atoms with Crippen LogP contribution in [0.3, 0.4) is 0 Å². The Morgan fingerprint density at radius 1 is 0.927 bits per heavy atom. The number of benzene rings is 3.